The fourth-order valence-corrected chi connectivity index (χ4v) is 1.93. The molecule has 1 rings (SSSR count). The number of piperazine rings is 1. The van der Waals surface area contributed by atoms with E-state index in [1.54, 1.807) is 0 Å². The molecular weight excluding hydrogens is 210 g/mol. The molecule has 1 aliphatic rings. The number of hydrogen-bond acceptors (Lipinski definition) is 2. The van der Waals surface area contributed by atoms with Gasteiger partial charge < -0.3 is 10.2 Å². The molecule has 1 fully saturated rings. The van der Waals surface area contributed by atoms with Crippen molar-refractivity contribution in [1.82, 2.24) is 10.2 Å². The fraction of sp³-hybridized carbons (Fsp3) is 0.786. The first-order valence-electron chi connectivity index (χ1n) is 6.81. The lowest BCUT2D eigenvalue weighted by Gasteiger charge is -2.28. The van der Waals surface area contributed by atoms with E-state index in [9.17, 15) is 0 Å². The fourth-order valence-electron chi connectivity index (χ4n) is 1.93. The van der Waals surface area contributed by atoms with Crippen molar-refractivity contribution < 1.29 is 0 Å². The van der Waals surface area contributed by atoms with Gasteiger partial charge in [0.2, 0.25) is 0 Å². The summed E-state index contributed by atoms with van der Waals surface area (Å²) in [5.41, 5.74) is 1.31. The molecule has 3 heteroatoms. The molecule has 0 spiro atoms. The molecule has 0 aliphatic carbocycles. The van der Waals surface area contributed by atoms with Gasteiger partial charge in [-0.25, -0.2) is 0 Å². The highest BCUT2D eigenvalue weighted by atomic mass is 15.2. The minimum Gasteiger partial charge on any atom is -0.355 e. The smallest absolute Gasteiger partial charge is 0.120 e. The van der Waals surface area contributed by atoms with E-state index in [1.807, 2.05) is 19.9 Å². The normalized spacial score (nSPS) is 16.6. The molecule has 0 aromatic heterocycles. The first-order chi connectivity index (χ1) is 8.09. The zero-order chi connectivity index (χ0) is 13.3. The summed E-state index contributed by atoms with van der Waals surface area (Å²) in [6.07, 6.45) is 3.11. The number of nitrogens with one attached hydrogen (secondary N) is 2. The number of allylic oxidation sites excluding steroid dienone is 1. The van der Waals surface area contributed by atoms with Gasteiger partial charge in [0.15, 0.2) is 0 Å². The summed E-state index contributed by atoms with van der Waals surface area (Å²) in [4.78, 5) is 2.14. The Hall–Kier alpha value is -0.830. The molecule has 1 saturated heterocycles. The standard InChI is InChI=1S/C12H23N3.C2H6/c1-10(2)8-11(3)9-12(13)15-6-4-14-5-7-15;1-2/h9-10,13-14H,4-8H2,1-3H3;1-2H3/b11-9+,13-12?;. The number of nitrogens with zero attached hydrogens (tertiary/aromatic N) is 1. The van der Waals surface area contributed by atoms with E-state index in [-0.39, 0.29) is 0 Å². The third-order valence-electron chi connectivity index (χ3n) is 2.57. The zero-order valence-electron chi connectivity index (χ0n) is 12.1. The van der Waals surface area contributed by atoms with Crippen LogP contribution in [-0.4, -0.2) is 36.9 Å². The molecule has 17 heavy (non-hydrogen) atoms. The Labute approximate surface area is 107 Å². The van der Waals surface area contributed by atoms with E-state index >= 15 is 0 Å². The average molecular weight is 239 g/mol. The van der Waals surface area contributed by atoms with Crippen LogP contribution in [0.5, 0.6) is 0 Å². The molecule has 2 N–H and O–H groups in total. The molecule has 3 nitrogen and oxygen atoms in total. The molecule has 1 heterocycles. The maximum atomic E-state index is 7.98. The Morgan fingerprint density at radius 3 is 2.29 bits per heavy atom. The Morgan fingerprint density at radius 1 is 1.29 bits per heavy atom. The van der Waals surface area contributed by atoms with Crippen LogP contribution in [0, 0.1) is 11.3 Å². The molecule has 0 aromatic carbocycles. The molecule has 1 aliphatic heterocycles. The van der Waals surface area contributed by atoms with Gasteiger partial charge in [-0.15, -0.1) is 0 Å². The van der Waals surface area contributed by atoms with Gasteiger partial charge in [-0.3, -0.25) is 5.41 Å². The quantitative estimate of drug-likeness (QED) is 0.587. The van der Waals surface area contributed by atoms with Crippen LogP contribution in [0.25, 0.3) is 0 Å². The van der Waals surface area contributed by atoms with Crippen molar-refractivity contribution in [2.24, 2.45) is 5.92 Å². The van der Waals surface area contributed by atoms with Crippen LogP contribution < -0.4 is 5.32 Å². The minimum atomic E-state index is 0.676. The highest BCUT2D eigenvalue weighted by molar-refractivity contribution is 5.90. The lowest BCUT2D eigenvalue weighted by atomic mass is 10.0. The largest absolute Gasteiger partial charge is 0.355 e. The first kappa shape index (κ1) is 16.2. The maximum Gasteiger partial charge on any atom is 0.120 e. The van der Waals surface area contributed by atoms with Crippen molar-refractivity contribution in [3.05, 3.63) is 11.6 Å². The van der Waals surface area contributed by atoms with Gasteiger partial charge in [0.05, 0.1) is 0 Å². The molecule has 0 aromatic rings. The topological polar surface area (TPSA) is 39.1 Å². The second kappa shape index (κ2) is 9.23. The van der Waals surface area contributed by atoms with Crippen LogP contribution >= 0.6 is 0 Å². The summed E-state index contributed by atoms with van der Waals surface area (Å²) in [6.45, 7) is 14.5. The summed E-state index contributed by atoms with van der Waals surface area (Å²) in [7, 11) is 0. The van der Waals surface area contributed by atoms with E-state index in [4.69, 9.17) is 5.41 Å². The highest BCUT2D eigenvalue weighted by Crippen LogP contribution is 2.10. The predicted octanol–water partition coefficient (Wildman–Crippen LogP) is 2.89. The van der Waals surface area contributed by atoms with E-state index in [0.717, 1.165) is 32.6 Å². The Morgan fingerprint density at radius 2 is 1.82 bits per heavy atom. The van der Waals surface area contributed by atoms with Crippen molar-refractivity contribution >= 4 is 5.84 Å². The van der Waals surface area contributed by atoms with Crippen molar-refractivity contribution in [2.75, 3.05) is 26.2 Å². The summed E-state index contributed by atoms with van der Waals surface area (Å²) in [5.74, 6) is 1.35. The van der Waals surface area contributed by atoms with Crippen LogP contribution in [0.2, 0.25) is 0 Å². The van der Waals surface area contributed by atoms with Gasteiger partial charge in [-0.05, 0) is 25.3 Å². The van der Waals surface area contributed by atoms with Crippen molar-refractivity contribution in [2.45, 2.75) is 41.0 Å². The average Bonchev–Trinajstić information content (AvgIpc) is 2.31. The van der Waals surface area contributed by atoms with Crippen molar-refractivity contribution in [3.63, 3.8) is 0 Å². The second-order valence-corrected chi connectivity index (χ2v) is 4.71. The van der Waals surface area contributed by atoms with Crippen molar-refractivity contribution in [1.29, 1.82) is 5.41 Å². The van der Waals surface area contributed by atoms with Gasteiger partial charge in [0, 0.05) is 26.2 Å². The summed E-state index contributed by atoms with van der Waals surface area (Å²) in [5, 5.41) is 11.3. The maximum absolute atomic E-state index is 7.98. The minimum absolute atomic E-state index is 0.676. The summed E-state index contributed by atoms with van der Waals surface area (Å²) >= 11 is 0. The van der Waals surface area contributed by atoms with Crippen LogP contribution in [-0.2, 0) is 0 Å². The van der Waals surface area contributed by atoms with Gasteiger partial charge in [0.1, 0.15) is 5.84 Å². The molecule has 0 saturated carbocycles. The van der Waals surface area contributed by atoms with Gasteiger partial charge in [0.25, 0.3) is 0 Å². The first-order valence-corrected chi connectivity index (χ1v) is 6.81. The monoisotopic (exact) mass is 239 g/mol. The molecule has 0 atom stereocenters. The van der Waals surface area contributed by atoms with E-state index < -0.39 is 0 Å². The Kier molecular flexibility index (Phi) is 8.78. The van der Waals surface area contributed by atoms with Gasteiger partial charge in [-0.2, -0.15) is 0 Å². The third-order valence-corrected chi connectivity index (χ3v) is 2.57. The van der Waals surface area contributed by atoms with Crippen molar-refractivity contribution in [3.8, 4) is 0 Å². The number of rotatable bonds is 3. The summed E-state index contributed by atoms with van der Waals surface area (Å²) in [6, 6.07) is 0. The molecule has 100 valence electrons. The van der Waals surface area contributed by atoms with Crippen LogP contribution in [0.4, 0.5) is 0 Å². The molecule has 0 unspecified atom stereocenters. The Bertz CT molecular complexity index is 238. The summed E-state index contributed by atoms with van der Waals surface area (Å²) < 4.78 is 0. The second-order valence-electron chi connectivity index (χ2n) is 4.71. The third kappa shape index (κ3) is 7.16. The molecule has 0 radical (unpaired) electrons. The van der Waals surface area contributed by atoms with E-state index in [2.05, 4.69) is 31.0 Å². The molecule has 0 bridgehead atoms. The number of amidine groups is 1. The lowest BCUT2D eigenvalue weighted by molar-refractivity contribution is 0.357. The molecule has 0 amide bonds. The van der Waals surface area contributed by atoms with Crippen LogP contribution in [0.3, 0.4) is 0 Å². The lowest BCUT2D eigenvalue weighted by Crippen LogP contribution is -2.45. The van der Waals surface area contributed by atoms with E-state index in [0.29, 0.717) is 11.8 Å². The van der Waals surface area contributed by atoms with Crippen LogP contribution in [0.1, 0.15) is 41.0 Å². The Balaban J connectivity index is 0.00000121. The predicted molar refractivity (Wildman–Crippen MR) is 76.7 cm³/mol. The highest BCUT2D eigenvalue weighted by Gasteiger charge is 2.11. The van der Waals surface area contributed by atoms with Gasteiger partial charge >= 0.3 is 0 Å². The zero-order valence-corrected chi connectivity index (χ0v) is 12.1. The molecular formula is C14H29N3. The van der Waals surface area contributed by atoms with Gasteiger partial charge in [-0.1, -0.05) is 33.3 Å². The number of hydrogen-bond donors (Lipinski definition) is 2. The SMILES string of the molecule is C/C(=C\C(=N)N1CCNCC1)CC(C)C.CC. The van der Waals surface area contributed by atoms with Crippen LogP contribution in [0.15, 0.2) is 11.6 Å². The van der Waals surface area contributed by atoms with E-state index in [1.165, 1.54) is 5.57 Å².